The van der Waals surface area contributed by atoms with E-state index in [0.717, 1.165) is 10.7 Å². The first-order valence-electron chi connectivity index (χ1n) is 4.97. The van der Waals surface area contributed by atoms with Gasteiger partial charge in [0, 0.05) is 18.5 Å². The summed E-state index contributed by atoms with van der Waals surface area (Å²) in [4.78, 5) is 14.3. The second-order valence-corrected chi connectivity index (χ2v) is 5.07. The number of hydrogen-bond acceptors (Lipinski definition) is 6. The van der Waals surface area contributed by atoms with Gasteiger partial charge in [0.15, 0.2) is 0 Å². The molecule has 17 heavy (non-hydrogen) atoms. The van der Waals surface area contributed by atoms with Crippen LogP contribution in [-0.2, 0) is 6.54 Å². The molecule has 0 saturated carbocycles. The Morgan fingerprint density at radius 2 is 2.18 bits per heavy atom. The largest absolute Gasteiger partial charge is 0.368 e. The van der Waals surface area contributed by atoms with Crippen LogP contribution >= 0.6 is 22.9 Å². The van der Waals surface area contributed by atoms with E-state index in [9.17, 15) is 0 Å². The third-order valence-electron chi connectivity index (χ3n) is 2.16. The molecule has 2 N–H and O–H groups in total. The van der Waals surface area contributed by atoms with Crippen molar-refractivity contribution in [1.82, 2.24) is 15.0 Å². The van der Waals surface area contributed by atoms with Gasteiger partial charge in [-0.3, -0.25) is 0 Å². The Labute approximate surface area is 108 Å². The lowest BCUT2D eigenvalue weighted by Crippen LogP contribution is -2.18. The molecule has 0 saturated heterocycles. The average molecular weight is 270 g/mol. The van der Waals surface area contributed by atoms with Gasteiger partial charge in [-0.1, -0.05) is 11.6 Å². The molecule has 0 atom stereocenters. The van der Waals surface area contributed by atoms with Crippen LogP contribution in [0.3, 0.4) is 0 Å². The van der Waals surface area contributed by atoms with Crippen molar-refractivity contribution in [3.05, 3.63) is 27.3 Å². The lowest BCUT2D eigenvalue weighted by atomic mass is 10.4. The summed E-state index contributed by atoms with van der Waals surface area (Å²) in [6.45, 7) is 2.64. The number of aryl methyl sites for hydroxylation is 1. The minimum atomic E-state index is 0.175. The molecule has 2 rings (SSSR count). The normalized spacial score (nSPS) is 10.5. The zero-order chi connectivity index (χ0) is 12.4. The lowest BCUT2D eigenvalue weighted by molar-refractivity contribution is 0.867. The SMILES string of the molecule is Cc1nc(CN(C)c2cc(Cl)nc(N)n2)cs1. The van der Waals surface area contributed by atoms with E-state index in [0.29, 0.717) is 17.5 Å². The lowest BCUT2D eigenvalue weighted by Gasteiger charge is -2.16. The van der Waals surface area contributed by atoms with Gasteiger partial charge in [-0.15, -0.1) is 11.3 Å². The van der Waals surface area contributed by atoms with Crippen LogP contribution in [0.25, 0.3) is 0 Å². The minimum Gasteiger partial charge on any atom is -0.368 e. The van der Waals surface area contributed by atoms with Crippen LogP contribution < -0.4 is 10.6 Å². The summed E-state index contributed by atoms with van der Waals surface area (Å²) in [6.07, 6.45) is 0. The second-order valence-electron chi connectivity index (χ2n) is 3.62. The molecule has 0 fully saturated rings. The topological polar surface area (TPSA) is 67.9 Å². The molecular formula is C10H12ClN5S. The first-order chi connectivity index (χ1) is 8.04. The van der Waals surface area contributed by atoms with E-state index >= 15 is 0 Å². The molecule has 2 heterocycles. The fourth-order valence-electron chi connectivity index (χ4n) is 1.42. The summed E-state index contributed by atoms with van der Waals surface area (Å²) in [5.74, 6) is 0.863. The van der Waals surface area contributed by atoms with Crippen LogP contribution in [0.1, 0.15) is 10.7 Å². The highest BCUT2D eigenvalue weighted by Crippen LogP contribution is 2.18. The first-order valence-corrected chi connectivity index (χ1v) is 6.22. The second kappa shape index (κ2) is 4.85. The Morgan fingerprint density at radius 3 is 2.76 bits per heavy atom. The third kappa shape index (κ3) is 3.04. The molecule has 0 radical (unpaired) electrons. The Balaban J connectivity index is 2.16. The maximum atomic E-state index is 5.83. The van der Waals surface area contributed by atoms with Gasteiger partial charge in [0.2, 0.25) is 5.95 Å². The Bertz CT molecular complexity index is 507. The van der Waals surface area contributed by atoms with Crippen molar-refractivity contribution in [2.45, 2.75) is 13.5 Å². The summed E-state index contributed by atoms with van der Waals surface area (Å²) in [5.41, 5.74) is 6.55. The van der Waals surface area contributed by atoms with Crippen LogP contribution in [0.15, 0.2) is 11.4 Å². The van der Waals surface area contributed by atoms with Gasteiger partial charge in [0.25, 0.3) is 0 Å². The first kappa shape index (κ1) is 12.1. The molecule has 0 aromatic carbocycles. The number of anilines is 2. The fourth-order valence-corrected chi connectivity index (χ4v) is 2.21. The van der Waals surface area contributed by atoms with Crippen LogP contribution in [-0.4, -0.2) is 22.0 Å². The van der Waals surface area contributed by atoms with Crippen molar-refractivity contribution in [1.29, 1.82) is 0 Å². The van der Waals surface area contributed by atoms with E-state index in [2.05, 4.69) is 15.0 Å². The molecule has 0 spiro atoms. The number of thiazole rings is 1. The zero-order valence-corrected chi connectivity index (χ0v) is 11.1. The van der Waals surface area contributed by atoms with Crippen molar-refractivity contribution >= 4 is 34.7 Å². The van der Waals surface area contributed by atoms with Gasteiger partial charge in [-0.2, -0.15) is 4.98 Å². The summed E-state index contributed by atoms with van der Waals surface area (Å²) < 4.78 is 0. The smallest absolute Gasteiger partial charge is 0.223 e. The molecule has 90 valence electrons. The van der Waals surface area contributed by atoms with Gasteiger partial charge < -0.3 is 10.6 Å². The number of nitrogens with zero attached hydrogens (tertiary/aromatic N) is 4. The zero-order valence-electron chi connectivity index (χ0n) is 9.51. The van der Waals surface area contributed by atoms with Crippen molar-refractivity contribution in [3.63, 3.8) is 0 Å². The number of hydrogen-bond donors (Lipinski definition) is 1. The molecule has 0 bridgehead atoms. The molecule has 2 aromatic rings. The molecule has 0 amide bonds. The standard InChI is InChI=1S/C10H12ClN5S/c1-6-13-7(5-17-6)4-16(2)9-3-8(11)14-10(12)15-9/h3,5H,4H2,1-2H3,(H2,12,14,15). The van der Waals surface area contributed by atoms with Gasteiger partial charge >= 0.3 is 0 Å². The Kier molecular flexibility index (Phi) is 3.44. The van der Waals surface area contributed by atoms with Gasteiger partial charge in [0.05, 0.1) is 17.2 Å². The van der Waals surface area contributed by atoms with Crippen molar-refractivity contribution in [3.8, 4) is 0 Å². The van der Waals surface area contributed by atoms with Crippen molar-refractivity contribution in [2.24, 2.45) is 0 Å². The number of rotatable bonds is 3. The highest BCUT2D eigenvalue weighted by Gasteiger charge is 2.08. The van der Waals surface area contributed by atoms with Crippen LogP contribution in [0.2, 0.25) is 5.15 Å². The molecule has 0 aliphatic rings. The van der Waals surface area contributed by atoms with Crippen molar-refractivity contribution < 1.29 is 0 Å². The number of aromatic nitrogens is 3. The van der Waals surface area contributed by atoms with E-state index in [1.807, 2.05) is 24.3 Å². The average Bonchev–Trinajstić information content (AvgIpc) is 2.62. The maximum Gasteiger partial charge on any atom is 0.223 e. The monoisotopic (exact) mass is 269 g/mol. The van der Waals surface area contributed by atoms with Gasteiger partial charge in [-0.05, 0) is 6.92 Å². The highest BCUT2D eigenvalue weighted by atomic mass is 35.5. The Morgan fingerprint density at radius 1 is 1.41 bits per heavy atom. The quantitative estimate of drug-likeness (QED) is 0.865. The summed E-state index contributed by atoms with van der Waals surface area (Å²) in [5, 5.41) is 3.42. The molecule has 0 aliphatic heterocycles. The van der Waals surface area contributed by atoms with E-state index in [-0.39, 0.29) is 5.95 Å². The molecule has 5 nitrogen and oxygen atoms in total. The fraction of sp³-hybridized carbons (Fsp3) is 0.300. The van der Waals surface area contributed by atoms with E-state index in [1.54, 1.807) is 17.4 Å². The molecule has 0 aliphatic carbocycles. The Hall–Kier alpha value is -1.40. The van der Waals surface area contributed by atoms with Crippen LogP contribution in [0.5, 0.6) is 0 Å². The molecular weight excluding hydrogens is 258 g/mol. The van der Waals surface area contributed by atoms with Crippen LogP contribution in [0, 0.1) is 6.92 Å². The summed E-state index contributed by atoms with van der Waals surface area (Å²) >= 11 is 7.46. The number of halogens is 1. The number of nitrogen functional groups attached to an aromatic ring is 1. The predicted molar refractivity (Wildman–Crippen MR) is 70.4 cm³/mol. The van der Waals surface area contributed by atoms with Crippen molar-refractivity contribution in [2.75, 3.05) is 17.7 Å². The van der Waals surface area contributed by atoms with E-state index < -0.39 is 0 Å². The van der Waals surface area contributed by atoms with E-state index in [4.69, 9.17) is 17.3 Å². The third-order valence-corrected chi connectivity index (χ3v) is 3.17. The van der Waals surface area contributed by atoms with Gasteiger partial charge in [0.1, 0.15) is 11.0 Å². The van der Waals surface area contributed by atoms with Crippen LogP contribution in [0.4, 0.5) is 11.8 Å². The van der Waals surface area contributed by atoms with Gasteiger partial charge in [-0.25, -0.2) is 9.97 Å². The number of nitrogens with two attached hydrogens (primary N) is 1. The molecule has 2 aromatic heterocycles. The van der Waals surface area contributed by atoms with E-state index in [1.165, 1.54) is 0 Å². The highest BCUT2D eigenvalue weighted by molar-refractivity contribution is 7.09. The molecule has 0 unspecified atom stereocenters. The predicted octanol–water partition coefficient (Wildman–Crippen LogP) is 2.11. The summed E-state index contributed by atoms with van der Waals surface area (Å²) in [7, 11) is 1.91. The minimum absolute atomic E-state index is 0.175. The maximum absolute atomic E-state index is 5.83. The molecule has 7 heteroatoms. The summed E-state index contributed by atoms with van der Waals surface area (Å²) in [6, 6.07) is 1.68.